The van der Waals surface area contributed by atoms with Gasteiger partial charge in [-0.2, -0.15) is 8.42 Å². The van der Waals surface area contributed by atoms with E-state index in [0.29, 0.717) is 0 Å². The topological polar surface area (TPSA) is 72.8 Å². The fourth-order valence-corrected chi connectivity index (χ4v) is 2.98. The summed E-state index contributed by atoms with van der Waals surface area (Å²) in [7, 11) is -3.49. The molecule has 6 heteroatoms. The second-order valence-corrected chi connectivity index (χ2v) is 8.28. The molecule has 0 amide bonds. The SMILES string of the molecule is C[C@H](COS(C)(=O)=O)C(O)c1ccc2c(c1)CCC(C)(C)O2. The van der Waals surface area contributed by atoms with Gasteiger partial charge in [-0.1, -0.05) is 13.0 Å². The molecule has 2 atom stereocenters. The smallest absolute Gasteiger partial charge is 0.264 e. The van der Waals surface area contributed by atoms with Crippen LogP contribution < -0.4 is 4.74 Å². The number of ether oxygens (including phenoxy) is 1. The minimum Gasteiger partial charge on any atom is -0.488 e. The fraction of sp³-hybridized carbons (Fsp3) is 0.625. The largest absolute Gasteiger partial charge is 0.488 e. The molecule has 124 valence electrons. The lowest BCUT2D eigenvalue weighted by Crippen LogP contribution is -2.32. The molecular weight excluding hydrogens is 304 g/mol. The molecule has 5 nitrogen and oxygen atoms in total. The number of rotatable bonds is 5. The number of fused-ring (bicyclic) bond motifs is 1. The molecule has 1 aliphatic rings. The number of hydrogen-bond acceptors (Lipinski definition) is 5. The third kappa shape index (κ3) is 4.44. The summed E-state index contributed by atoms with van der Waals surface area (Å²) in [5.74, 6) is 0.529. The van der Waals surface area contributed by atoms with E-state index in [1.165, 1.54) is 0 Å². The van der Waals surface area contributed by atoms with Crippen LogP contribution in [0.15, 0.2) is 18.2 Å². The van der Waals surface area contributed by atoms with Gasteiger partial charge in [-0.05, 0) is 49.9 Å². The normalized spacial score (nSPS) is 19.9. The van der Waals surface area contributed by atoms with E-state index in [1.807, 2.05) is 18.2 Å². The van der Waals surface area contributed by atoms with Crippen LogP contribution >= 0.6 is 0 Å². The predicted molar refractivity (Wildman–Crippen MR) is 84.4 cm³/mol. The van der Waals surface area contributed by atoms with Crippen LogP contribution in [0.4, 0.5) is 0 Å². The van der Waals surface area contributed by atoms with Gasteiger partial charge in [0, 0.05) is 5.92 Å². The molecule has 2 rings (SSSR count). The van der Waals surface area contributed by atoms with Crippen molar-refractivity contribution in [1.82, 2.24) is 0 Å². The van der Waals surface area contributed by atoms with Gasteiger partial charge in [-0.15, -0.1) is 0 Å². The van der Waals surface area contributed by atoms with E-state index < -0.39 is 16.2 Å². The number of aryl methyl sites for hydroxylation is 1. The zero-order chi connectivity index (χ0) is 16.5. The monoisotopic (exact) mass is 328 g/mol. The van der Waals surface area contributed by atoms with E-state index in [9.17, 15) is 13.5 Å². The van der Waals surface area contributed by atoms with Gasteiger partial charge >= 0.3 is 0 Å². The van der Waals surface area contributed by atoms with Crippen LogP contribution in [0.5, 0.6) is 5.75 Å². The summed E-state index contributed by atoms with van der Waals surface area (Å²) in [4.78, 5) is 0. The molecule has 0 aromatic heterocycles. The van der Waals surface area contributed by atoms with Gasteiger partial charge in [0.25, 0.3) is 10.1 Å². The number of hydrogen-bond donors (Lipinski definition) is 1. The van der Waals surface area contributed by atoms with Crippen molar-refractivity contribution in [2.45, 2.75) is 45.3 Å². The van der Waals surface area contributed by atoms with Crippen molar-refractivity contribution in [1.29, 1.82) is 0 Å². The molecule has 22 heavy (non-hydrogen) atoms. The predicted octanol–water partition coefficient (Wildman–Crippen LogP) is 2.44. The highest BCUT2D eigenvalue weighted by molar-refractivity contribution is 7.85. The van der Waals surface area contributed by atoms with E-state index in [2.05, 4.69) is 13.8 Å². The van der Waals surface area contributed by atoms with E-state index >= 15 is 0 Å². The van der Waals surface area contributed by atoms with Crippen LogP contribution in [0.25, 0.3) is 0 Å². The standard InChI is InChI=1S/C16H24O5S/c1-11(10-20-22(4,18)19)15(17)13-5-6-14-12(9-13)7-8-16(2,3)21-14/h5-6,9,11,15,17H,7-8,10H2,1-4H3/t11-,15?/m1/s1. The summed E-state index contributed by atoms with van der Waals surface area (Å²) >= 11 is 0. The Kier molecular flexibility index (Phi) is 4.84. The number of aliphatic hydroxyl groups is 1. The quantitative estimate of drug-likeness (QED) is 0.841. The van der Waals surface area contributed by atoms with Crippen molar-refractivity contribution in [3.05, 3.63) is 29.3 Å². The Bertz CT molecular complexity index is 636. The second kappa shape index (κ2) is 6.18. The highest BCUT2D eigenvalue weighted by atomic mass is 32.2. The van der Waals surface area contributed by atoms with E-state index in [0.717, 1.165) is 36.0 Å². The van der Waals surface area contributed by atoms with E-state index in [-0.39, 0.29) is 18.1 Å². The lowest BCUT2D eigenvalue weighted by Gasteiger charge is -2.33. The van der Waals surface area contributed by atoms with Crippen LogP contribution in [-0.2, 0) is 20.7 Å². The average molecular weight is 328 g/mol. The lowest BCUT2D eigenvalue weighted by atomic mass is 9.90. The third-order valence-corrected chi connectivity index (χ3v) is 4.46. The highest BCUT2D eigenvalue weighted by Crippen LogP contribution is 2.35. The summed E-state index contributed by atoms with van der Waals surface area (Å²) in [6.45, 7) is 5.84. The Labute approximate surface area is 132 Å². The van der Waals surface area contributed by atoms with Gasteiger partial charge in [-0.3, -0.25) is 4.18 Å². The van der Waals surface area contributed by atoms with Crippen molar-refractivity contribution < 1.29 is 22.4 Å². The fourth-order valence-electron chi connectivity index (χ4n) is 2.51. The molecule has 0 radical (unpaired) electrons. The Morgan fingerprint density at radius 2 is 2.09 bits per heavy atom. The molecule has 1 unspecified atom stereocenters. The zero-order valence-corrected chi connectivity index (χ0v) is 14.3. The molecule has 0 fully saturated rings. The summed E-state index contributed by atoms with van der Waals surface area (Å²) in [5.41, 5.74) is 1.67. The molecule has 0 aliphatic carbocycles. The number of benzene rings is 1. The number of aliphatic hydroxyl groups excluding tert-OH is 1. The molecule has 0 spiro atoms. The first-order chi connectivity index (χ1) is 10.1. The molecular formula is C16H24O5S. The lowest BCUT2D eigenvalue weighted by molar-refractivity contribution is 0.0808. The first-order valence-corrected chi connectivity index (χ1v) is 9.23. The maximum atomic E-state index is 11.0. The Hall–Kier alpha value is -1.11. The van der Waals surface area contributed by atoms with Crippen molar-refractivity contribution in [2.75, 3.05) is 12.9 Å². The van der Waals surface area contributed by atoms with Crippen LogP contribution in [0.3, 0.4) is 0 Å². The van der Waals surface area contributed by atoms with Gasteiger partial charge < -0.3 is 9.84 Å². The first kappa shape index (κ1) is 17.2. The van der Waals surface area contributed by atoms with Crippen LogP contribution in [0.1, 0.15) is 44.4 Å². The van der Waals surface area contributed by atoms with E-state index in [1.54, 1.807) is 6.92 Å². The molecule has 0 bridgehead atoms. The second-order valence-electron chi connectivity index (χ2n) is 6.64. The molecule has 1 aliphatic heterocycles. The van der Waals surface area contributed by atoms with Crippen LogP contribution in [0, 0.1) is 5.92 Å². The van der Waals surface area contributed by atoms with E-state index in [4.69, 9.17) is 8.92 Å². The highest BCUT2D eigenvalue weighted by Gasteiger charge is 2.27. The third-order valence-electron chi connectivity index (χ3n) is 3.89. The summed E-state index contributed by atoms with van der Waals surface area (Å²) in [6, 6.07) is 5.63. The first-order valence-electron chi connectivity index (χ1n) is 7.42. The molecule has 1 heterocycles. The van der Waals surface area contributed by atoms with Gasteiger partial charge in [0.1, 0.15) is 11.4 Å². The van der Waals surface area contributed by atoms with Crippen LogP contribution in [-0.4, -0.2) is 32.0 Å². The molecule has 0 saturated heterocycles. The summed E-state index contributed by atoms with van der Waals surface area (Å²) in [5, 5.41) is 10.4. The summed E-state index contributed by atoms with van der Waals surface area (Å²) in [6.07, 6.45) is 2.05. The molecule has 1 N–H and O–H groups in total. The van der Waals surface area contributed by atoms with Crippen molar-refractivity contribution in [2.24, 2.45) is 5.92 Å². The van der Waals surface area contributed by atoms with Crippen LogP contribution in [0.2, 0.25) is 0 Å². The Morgan fingerprint density at radius 3 is 2.73 bits per heavy atom. The maximum Gasteiger partial charge on any atom is 0.264 e. The van der Waals surface area contributed by atoms with Gasteiger partial charge in [0.15, 0.2) is 0 Å². The minimum atomic E-state index is -3.49. The average Bonchev–Trinajstić information content (AvgIpc) is 2.41. The van der Waals surface area contributed by atoms with Crippen molar-refractivity contribution >= 4 is 10.1 Å². The Morgan fingerprint density at radius 1 is 1.41 bits per heavy atom. The summed E-state index contributed by atoms with van der Waals surface area (Å²) < 4.78 is 32.7. The van der Waals surface area contributed by atoms with Crippen molar-refractivity contribution in [3.63, 3.8) is 0 Å². The Balaban J connectivity index is 2.10. The van der Waals surface area contributed by atoms with Gasteiger partial charge in [0.2, 0.25) is 0 Å². The van der Waals surface area contributed by atoms with Crippen molar-refractivity contribution in [3.8, 4) is 5.75 Å². The van der Waals surface area contributed by atoms with Gasteiger partial charge in [0.05, 0.1) is 19.0 Å². The zero-order valence-electron chi connectivity index (χ0n) is 13.5. The minimum absolute atomic E-state index is 0.0411. The maximum absolute atomic E-state index is 11.0. The molecule has 0 saturated carbocycles. The molecule has 1 aromatic rings. The molecule has 1 aromatic carbocycles. The van der Waals surface area contributed by atoms with Gasteiger partial charge in [-0.25, -0.2) is 0 Å².